The average Bonchev–Trinajstić information content (AvgIpc) is 3.27. The first kappa shape index (κ1) is 20.3. The highest BCUT2D eigenvalue weighted by Gasteiger charge is 2.14. The van der Waals surface area contributed by atoms with Gasteiger partial charge in [-0.05, 0) is 36.4 Å². The Morgan fingerprint density at radius 1 is 1.13 bits per heavy atom. The summed E-state index contributed by atoms with van der Waals surface area (Å²) in [5, 5.41) is 12.5. The molecule has 0 saturated carbocycles. The number of aromatic carboxylic acids is 1. The molecule has 2 aromatic heterocycles. The Bertz CT molecular complexity index is 1410. The Balaban J connectivity index is 1.43. The molecule has 4 N–H and O–H groups in total. The van der Waals surface area contributed by atoms with Crippen LogP contribution in [0, 0.1) is 0 Å². The number of carbonyl (C=O) groups is 2. The van der Waals surface area contributed by atoms with E-state index in [1.807, 2.05) is 0 Å². The minimum atomic E-state index is -4.32. The Morgan fingerprint density at radius 3 is 2.63 bits per heavy atom. The molecule has 1 amide bonds. The Kier molecular flexibility index (Phi) is 5.19. The number of H-pyrrole nitrogens is 1. The number of nitrogens with one attached hydrogen (secondary N) is 2. The Labute approximate surface area is 177 Å². The SMILES string of the molecule is O=C(CSc1nc2ccc(S(=O)(=O)O)cc2[nH]1)Nc1nc2ccc(C(=O)O)cc2s1. The van der Waals surface area contributed by atoms with Crippen LogP contribution in [0.4, 0.5) is 5.13 Å². The first-order valence-corrected chi connectivity index (χ1v) is 11.5. The number of nitrogens with zero attached hydrogens (tertiary/aromatic N) is 2. The van der Waals surface area contributed by atoms with Gasteiger partial charge in [0.15, 0.2) is 10.3 Å². The molecule has 10 nitrogen and oxygen atoms in total. The standard InChI is InChI=1S/C17H12N4O6S3/c22-14(21-17-19-11-3-1-8(15(23)24)5-13(11)29-17)7-28-16-18-10-4-2-9(30(25,26)27)6-12(10)20-16/h1-6H,7H2,(H,18,20)(H,23,24)(H,19,21,22)(H,25,26,27). The van der Waals surface area contributed by atoms with Crippen molar-refractivity contribution >= 4 is 71.5 Å². The van der Waals surface area contributed by atoms with E-state index in [1.165, 1.54) is 41.7 Å². The Morgan fingerprint density at radius 2 is 1.90 bits per heavy atom. The summed E-state index contributed by atoms with van der Waals surface area (Å²) in [5.41, 5.74) is 1.63. The van der Waals surface area contributed by atoms with Crippen LogP contribution in [0.1, 0.15) is 10.4 Å². The molecule has 0 radical (unpaired) electrons. The van der Waals surface area contributed by atoms with Gasteiger partial charge in [-0.2, -0.15) is 8.42 Å². The fourth-order valence-electron chi connectivity index (χ4n) is 2.59. The normalized spacial score (nSPS) is 11.8. The number of rotatable bonds is 6. The summed E-state index contributed by atoms with van der Waals surface area (Å²) in [6.45, 7) is 0. The molecular weight excluding hydrogens is 452 g/mol. The van der Waals surface area contributed by atoms with Crippen molar-refractivity contribution < 1.29 is 27.7 Å². The first-order valence-electron chi connectivity index (χ1n) is 8.23. The van der Waals surface area contributed by atoms with Gasteiger partial charge in [0.25, 0.3) is 10.1 Å². The molecule has 2 aromatic carbocycles. The van der Waals surface area contributed by atoms with Gasteiger partial charge in [-0.15, -0.1) is 0 Å². The zero-order valence-corrected chi connectivity index (χ0v) is 17.3. The van der Waals surface area contributed by atoms with E-state index in [0.29, 0.717) is 31.5 Å². The number of carboxylic acid groups (broad SMARTS) is 1. The molecule has 0 aliphatic rings. The van der Waals surface area contributed by atoms with E-state index in [2.05, 4.69) is 20.3 Å². The molecule has 13 heteroatoms. The lowest BCUT2D eigenvalue weighted by molar-refractivity contribution is -0.113. The van der Waals surface area contributed by atoms with Gasteiger partial charge >= 0.3 is 5.97 Å². The zero-order chi connectivity index (χ0) is 21.5. The van der Waals surface area contributed by atoms with Crippen molar-refractivity contribution in [1.82, 2.24) is 15.0 Å². The summed E-state index contributed by atoms with van der Waals surface area (Å²) in [7, 11) is -4.32. The van der Waals surface area contributed by atoms with Crippen LogP contribution in [-0.4, -0.2) is 50.7 Å². The number of amides is 1. The molecule has 0 aliphatic carbocycles. The third kappa shape index (κ3) is 4.28. The fourth-order valence-corrected chi connectivity index (χ4v) is 4.71. The topological polar surface area (TPSA) is 162 Å². The van der Waals surface area contributed by atoms with Crippen LogP contribution in [-0.2, 0) is 14.9 Å². The van der Waals surface area contributed by atoms with Crippen molar-refractivity contribution in [2.75, 3.05) is 11.1 Å². The van der Waals surface area contributed by atoms with E-state index in [4.69, 9.17) is 9.66 Å². The molecule has 0 aliphatic heterocycles. The van der Waals surface area contributed by atoms with Crippen molar-refractivity contribution in [3.63, 3.8) is 0 Å². The van der Waals surface area contributed by atoms with E-state index in [0.717, 1.165) is 11.8 Å². The van der Waals surface area contributed by atoms with Gasteiger partial charge in [0.1, 0.15) is 0 Å². The predicted molar refractivity (Wildman–Crippen MR) is 112 cm³/mol. The number of imidazole rings is 1. The molecule has 2 heterocycles. The lowest BCUT2D eigenvalue weighted by Crippen LogP contribution is -2.13. The van der Waals surface area contributed by atoms with Crippen molar-refractivity contribution in [1.29, 1.82) is 0 Å². The van der Waals surface area contributed by atoms with E-state index < -0.39 is 16.1 Å². The number of carbonyl (C=O) groups excluding carboxylic acids is 1. The van der Waals surface area contributed by atoms with Gasteiger partial charge in [-0.3, -0.25) is 9.35 Å². The van der Waals surface area contributed by atoms with Gasteiger partial charge in [0.2, 0.25) is 5.91 Å². The van der Waals surface area contributed by atoms with E-state index in [1.54, 1.807) is 6.07 Å². The van der Waals surface area contributed by atoms with Crippen LogP contribution >= 0.6 is 23.1 Å². The number of carboxylic acids is 1. The molecule has 30 heavy (non-hydrogen) atoms. The predicted octanol–water partition coefficient (Wildman–Crippen LogP) is 2.85. The number of hydrogen-bond acceptors (Lipinski definition) is 8. The lowest BCUT2D eigenvalue weighted by atomic mass is 10.2. The maximum atomic E-state index is 12.2. The van der Waals surface area contributed by atoms with Gasteiger partial charge < -0.3 is 15.4 Å². The molecule has 0 spiro atoms. The van der Waals surface area contributed by atoms with Crippen LogP contribution in [0.25, 0.3) is 21.3 Å². The highest BCUT2D eigenvalue weighted by atomic mass is 32.2. The molecular formula is C17H12N4O6S3. The van der Waals surface area contributed by atoms with Crippen LogP contribution < -0.4 is 5.32 Å². The van der Waals surface area contributed by atoms with Crippen molar-refractivity contribution in [2.45, 2.75) is 10.1 Å². The molecule has 0 unspecified atom stereocenters. The first-order chi connectivity index (χ1) is 14.2. The highest BCUT2D eigenvalue weighted by molar-refractivity contribution is 7.99. The van der Waals surface area contributed by atoms with Gasteiger partial charge in [-0.25, -0.2) is 14.8 Å². The fraction of sp³-hybridized carbons (Fsp3) is 0.0588. The number of thioether (sulfide) groups is 1. The summed E-state index contributed by atoms with van der Waals surface area (Å²) < 4.78 is 32.2. The van der Waals surface area contributed by atoms with Crippen molar-refractivity contribution in [3.8, 4) is 0 Å². The number of aromatic amines is 1. The number of fused-ring (bicyclic) bond motifs is 2. The minimum absolute atomic E-state index is 0.0152. The third-order valence-corrected chi connectivity index (χ3v) is 6.61. The van der Waals surface area contributed by atoms with Crippen LogP contribution in [0.3, 0.4) is 0 Å². The molecule has 4 aromatic rings. The van der Waals surface area contributed by atoms with Gasteiger partial charge in [-0.1, -0.05) is 23.1 Å². The average molecular weight is 465 g/mol. The largest absolute Gasteiger partial charge is 0.478 e. The lowest BCUT2D eigenvalue weighted by Gasteiger charge is -1.99. The second-order valence-electron chi connectivity index (χ2n) is 6.04. The second-order valence-corrected chi connectivity index (χ2v) is 9.46. The van der Waals surface area contributed by atoms with Crippen LogP contribution in [0.5, 0.6) is 0 Å². The molecule has 4 rings (SSSR count). The number of anilines is 1. The second kappa shape index (κ2) is 7.68. The molecule has 154 valence electrons. The molecule has 0 bridgehead atoms. The van der Waals surface area contributed by atoms with E-state index >= 15 is 0 Å². The monoisotopic (exact) mass is 464 g/mol. The third-order valence-electron chi connectivity index (χ3n) is 3.95. The summed E-state index contributed by atoms with van der Waals surface area (Å²) in [6.07, 6.45) is 0. The summed E-state index contributed by atoms with van der Waals surface area (Å²) in [4.78, 5) is 34.4. The molecule has 0 fully saturated rings. The number of thiazole rings is 1. The number of benzene rings is 2. The highest BCUT2D eigenvalue weighted by Crippen LogP contribution is 2.27. The van der Waals surface area contributed by atoms with Gasteiger partial charge in [0.05, 0.1) is 37.5 Å². The smallest absolute Gasteiger partial charge is 0.335 e. The minimum Gasteiger partial charge on any atom is -0.478 e. The zero-order valence-electron chi connectivity index (χ0n) is 14.8. The summed E-state index contributed by atoms with van der Waals surface area (Å²) >= 11 is 2.28. The van der Waals surface area contributed by atoms with Crippen LogP contribution in [0.2, 0.25) is 0 Å². The van der Waals surface area contributed by atoms with Crippen molar-refractivity contribution in [2.24, 2.45) is 0 Å². The molecule has 0 atom stereocenters. The summed E-state index contributed by atoms with van der Waals surface area (Å²) in [5.74, 6) is -1.36. The number of hydrogen-bond donors (Lipinski definition) is 4. The van der Waals surface area contributed by atoms with E-state index in [-0.39, 0.29) is 22.1 Å². The van der Waals surface area contributed by atoms with Crippen molar-refractivity contribution in [3.05, 3.63) is 42.0 Å². The number of aromatic nitrogens is 3. The van der Waals surface area contributed by atoms with Crippen LogP contribution in [0.15, 0.2) is 46.5 Å². The Hall–Kier alpha value is -3.00. The van der Waals surface area contributed by atoms with E-state index in [9.17, 15) is 18.0 Å². The summed E-state index contributed by atoms with van der Waals surface area (Å²) in [6, 6.07) is 8.47. The maximum Gasteiger partial charge on any atom is 0.335 e. The molecule has 0 saturated heterocycles. The maximum absolute atomic E-state index is 12.2. The quantitative estimate of drug-likeness (QED) is 0.248. The van der Waals surface area contributed by atoms with Gasteiger partial charge in [0, 0.05) is 0 Å².